The molecule has 0 amide bonds. The van der Waals surface area contributed by atoms with Crippen LogP contribution in [0.5, 0.6) is 5.75 Å². The van der Waals surface area contributed by atoms with Gasteiger partial charge in [0.2, 0.25) is 5.95 Å². The molecule has 0 saturated carbocycles. The van der Waals surface area contributed by atoms with Crippen molar-refractivity contribution in [1.82, 2.24) is 9.97 Å². The molecule has 0 bridgehead atoms. The first kappa shape index (κ1) is 24.8. The topological polar surface area (TPSA) is 53.5 Å². The number of aromatic nitrogens is 2. The van der Waals surface area contributed by atoms with E-state index in [1.807, 2.05) is 19.1 Å². The van der Waals surface area contributed by atoms with Gasteiger partial charge in [0.05, 0.1) is 18.8 Å². The molecule has 1 aromatic heterocycles. The second-order valence-corrected chi connectivity index (χ2v) is 10.9. The lowest BCUT2D eigenvalue weighted by molar-refractivity contribution is 0.407. The smallest absolute Gasteiger partial charge is 0.227 e. The third kappa shape index (κ3) is 5.34. The van der Waals surface area contributed by atoms with Crippen LogP contribution >= 0.6 is 0 Å². The monoisotopic (exact) mass is 477 g/mol. The Balaban J connectivity index is 1.55. The molecule has 1 fully saturated rings. The number of ether oxygens (including phenoxy) is 1. The number of anilines is 4. The van der Waals surface area contributed by atoms with Crippen LogP contribution in [0.15, 0.2) is 48.7 Å². The Morgan fingerprint density at radius 1 is 1.06 bits per heavy atom. The molecule has 6 nitrogen and oxygen atoms in total. The van der Waals surface area contributed by atoms with Gasteiger partial charge in [-0.25, -0.2) is 9.37 Å². The lowest BCUT2D eigenvalue weighted by Crippen LogP contribution is -2.60. The fraction of sp³-hybridized carbons (Fsp3) is 0.429. The number of methoxy groups -OCH3 is 1. The summed E-state index contributed by atoms with van der Waals surface area (Å²) >= 11 is 0. The SMILES string of the molecule is COc1ccc(N2CCN(c3ncc(F)c(Nc4cc(C(C)(C)C)ccc4C)n3)CC2(C)C)cc1. The van der Waals surface area contributed by atoms with E-state index in [4.69, 9.17) is 4.74 Å². The van der Waals surface area contributed by atoms with Crippen LogP contribution < -0.4 is 19.9 Å². The molecule has 3 aromatic rings. The van der Waals surface area contributed by atoms with E-state index in [0.29, 0.717) is 12.5 Å². The normalized spacial score (nSPS) is 15.8. The summed E-state index contributed by atoms with van der Waals surface area (Å²) in [6.07, 6.45) is 1.26. The highest BCUT2D eigenvalue weighted by Gasteiger charge is 2.35. The van der Waals surface area contributed by atoms with Crippen LogP contribution in [0.2, 0.25) is 0 Å². The number of hydrogen-bond donors (Lipinski definition) is 1. The Bertz CT molecular complexity index is 1190. The second-order valence-electron chi connectivity index (χ2n) is 10.9. The molecule has 0 unspecified atom stereocenters. The van der Waals surface area contributed by atoms with Gasteiger partial charge in [0.1, 0.15) is 5.75 Å². The van der Waals surface area contributed by atoms with Crippen molar-refractivity contribution >= 4 is 23.1 Å². The molecule has 1 saturated heterocycles. The van der Waals surface area contributed by atoms with Gasteiger partial charge in [-0.2, -0.15) is 4.98 Å². The molecular weight excluding hydrogens is 441 g/mol. The van der Waals surface area contributed by atoms with Crippen molar-refractivity contribution in [1.29, 1.82) is 0 Å². The second kappa shape index (κ2) is 9.36. The summed E-state index contributed by atoms with van der Waals surface area (Å²) in [5.74, 6) is 1.10. The van der Waals surface area contributed by atoms with Crippen LogP contribution in [0.25, 0.3) is 0 Å². The van der Waals surface area contributed by atoms with Crippen LogP contribution in [0.3, 0.4) is 0 Å². The van der Waals surface area contributed by atoms with Gasteiger partial charge in [0, 0.05) is 31.0 Å². The lowest BCUT2D eigenvalue weighted by atomic mass is 9.86. The molecule has 1 aliphatic rings. The maximum atomic E-state index is 14.8. The number of nitrogens with one attached hydrogen (secondary N) is 1. The van der Waals surface area contributed by atoms with Crippen LogP contribution in [-0.2, 0) is 5.41 Å². The molecule has 4 rings (SSSR count). The number of hydrogen-bond acceptors (Lipinski definition) is 6. The van der Waals surface area contributed by atoms with Gasteiger partial charge in [-0.1, -0.05) is 32.9 Å². The Morgan fingerprint density at radius 2 is 1.77 bits per heavy atom. The highest BCUT2D eigenvalue weighted by Crippen LogP contribution is 2.32. The Labute approximate surface area is 208 Å². The third-order valence-electron chi connectivity index (χ3n) is 6.66. The standard InChI is InChI=1S/C28H36FN5O/c1-19-8-9-20(27(2,3)4)16-24(19)31-25-23(29)17-30-26(32-25)33-14-15-34(28(5,6)18-33)21-10-12-22(35-7)13-11-21/h8-13,16-17H,14-15,18H2,1-7H3,(H,30,31,32). The van der Waals surface area contributed by atoms with E-state index < -0.39 is 5.82 Å². The number of benzene rings is 2. The van der Waals surface area contributed by atoms with E-state index in [1.54, 1.807) is 7.11 Å². The lowest BCUT2D eigenvalue weighted by Gasteiger charge is -2.48. The van der Waals surface area contributed by atoms with E-state index >= 15 is 0 Å². The molecule has 0 aliphatic carbocycles. The van der Waals surface area contributed by atoms with Crippen molar-refractivity contribution in [3.8, 4) is 5.75 Å². The fourth-order valence-electron chi connectivity index (χ4n) is 4.51. The molecule has 0 radical (unpaired) electrons. The molecular formula is C28H36FN5O. The molecule has 1 N–H and O–H groups in total. The van der Waals surface area contributed by atoms with Crippen LogP contribution in [0.1, 0.15) is 45.7 Å². The molecule has 0 spiro atoms. The average Bonchev–Trinajstić information content (AvgIpc) is 2.80. The molecule has 2 aromatic carbocycles. The summed E-state index contributed by atoms with van der Waals surface area (Å²) in [5.41, 5.74) is 4.03. The van der Waals surface area contributed by atoms with Gasteiger partial charge in [-0.3, -0.25) is 0 Å². The quantitative estimate of drug-likeness (QED) is 0.481. The minimum Gasteiger partial charge on any atom is -0.497 e. The van der Waals surface area contributed by atoms with E-state index in [-0.39, 0.29) is 16.8 Å². The number of aryl methyl sites for hydroxylation is 1. The van der Waals surface area contributed by atoms with Gasteiger partial charge >= 0.3 is 0 Å². The predicted octanol–water partition coefficient (Wildman–Crippen LogP) is 6.08. The minimum atomic E-state index is -0.467. The molecule has 7 heteroatoms. The van der Waals surface area contributed by atoms with Gasteiger partial charge < -0.3 is 19.9 Å². The minimum absolute atomic E-state index is 0.00531. The Kier molecular flexibility index (Phi) is 6.62. The molecule has 0 atom stereocenters. The zero-order valence-electron chi connectivity index (χ0n) is 21.8. The Morgan fingerprint density at radius 3 is 2.40 bits per heavy atom. The third-order valence-corrected chi connectivity index (χ3v) is 6.66. The van der Waals surface area contributed by atoms with Crippen molar-refractivity contribution in [2.75, 3.05) is 41.9 Å². The van der Waals surface area contributed by atoms with Crippen molar-refractivity contribution in [3.05, 3.63) is 65.6 Å². The Hall–Kier alpha value is -3.35. The first-order valence-corrected chi connectivity index (χ1v) is 12.1. The summed E-state index contributed by atoms with van der Waals surface area (Å²) in [5, 5.41) is 3.22. The van der Waals surface area contributed by atoms with Crippen LogP contribution in [0.4, 0.5) is 27.5 Å². The van der Waals surface area contributed by atoms with Crippen LogP contribution in [-0.4, -0.2) is 42.3 Å². The van der Waals surface area contributed by atoms with E-state index in [0.717, 1.165) is 35.8 Å². The highest BCUT2D eigenvalue weighted by atomic mass is 19.1. The predicted molar refractivity (Wildman–Crippen MR) is 142 cm³/mol. The summed E-state index contributed by atoms with van der Waals surface area (Å²) in [4.78, 5) is 13.4. The largest absolute Gasteiger partial charge is 0.497 e. The maximum Gasteiger partial charge on any atom is 0.227 e. The summed E-state index contributed by atoms with van der Waals surface area (Å²) in [7, 11) is 1.67. The van der Waals surface area contributed by atoms with E-state index in [9.17, 15) is 4.39 Å². The van der Waals surface area contributed by atoms with Gasteiger partial charge in [0.25, 0.3) is 0 Å². The zero-order valence-corrected chi connectivity index (χ0v) is 21.8. The number of piperazine rings is 1. The molecule has 1 aliphatic heterocycles. The van der Waals surface area contributed by atoms with Gasteiger partial charge in [0.15, 0.2) is 11.6 Å². The van der Waals surface area contributed by atoms with E-state index in [1.165, 1.54) is 11.8 Å². The number of rotatable bonds is 5. The van der Waals surface area contributed by atoms with E-state index in [2.05, 4.69) is 90.0 Å². The van der Waals surface area contributed by atoms with Crippen molar-refractivity contribution in [3.63, 3.8) is 0 Å². The first-order valence-electron chi connectivity index (χ1n) is 12.1. The zero-order chi connectivity index (χ0) is 25.4. The van der Waals surface area contributed by atoms with Gasteiger partial charge in [-0.15, -0.1) is 0 Å². The molecule has 2 heterocycles. The van der Waals surface area contributed by atoms with Crippen molar-refractivity contribution in [2.24, 2.45) is 0 Å². The molecule has 35 heavy (non-hydrogen) atoms. The fourth-order valence-corrected chi connectivity index (χ4v) is 4.51. The summed E-state index contributed by atoms with van der Waals surface area (Å²) < 4.78 is 20.1. The summed E-state index contributed by atoms with van der Waals surface area (Å²) in [6.45, 7) is 15.2. The van der Waals surface area contributed by atoms with Gasteiger partial charge in [-0.05, 0) is 67.6 Å². The maximum absolute atomic E-state index is 14.8. The van der Waals surface area contributed by atoms with Crippen molar-refractivity contribution in [2.45, 2.75) is 52.5 Å². The molecule has 186 valence electrons. The van der Waals surface area contributed by atoms with Crippen LogP contribution in [0, 0.1) is 12.7 Å². The van der Waals surface area contributed by atoms with Crippen molar-refractivity contribution < 1.29 is 9.13 Å². The highest BCUT2D eigenvalue weighted by molar-refractivity contribution is 5.63. The number of halogens is 1. The number of nitrogens with zero attached hydrogens (tertiary/aromatic N) is 4. The first-order chi connectivity index (χ1) is 16.5. The average molecular weight is 478 g/mol. The summed E-state index contributed by atoms with van der Waals surface area (Å²) in [6, 6.07) is 14.4.